The van der Waals surface area contributed by atoms with Gasteiger partial charge in [0.1, 0.15) is 24.4 Å². The third-order valence-corrected chi connectivity index (χ3v) is 18.4. The molecular weight excluding hydrogens is 1030 g/mol. The highest BCUT2D eigenvalue weighted by Crippen LogP contribution is 2.24. The number of carbonyl (C=O) groups excluding carboxylic acids is 1. The lowest BCUT2D eigenvalue weighted by Gasteiger charge is -2.40. The van der Waals surface area contributed by atoms with E-state index in [0.29, 0.717) is 12.8 Å². The van der Waals surface area contributed by atoms with Crippen molar-refractivity contribution in [3.63, 3.8) is 0 Å². The summed E-state index contributed by atoms with van der Waals surface area (Å²) in [5, 5.41) is 55.0. The Bertz CT molecular complexity index is 1320. The van der Waals surface area contributed by atoms with Crippen molar-refractivity contribution in [3.05, 3.63) is 12.2 Å². The van der Waals surface area contributed by atoms with Gasteiger partial charge in [-0.25, -0.2) is 0 Å². The molecule has 0 aromatic rings. The largest absolute Gasteiger partial charge is 0.394 e. The minimum atomic E-state index is -1.55. The molecule has 1 amide bonds. The van der Waals surface area contributed by atoms with Crippen molar-refractivity contribution in [1.29, 1.82) is 0 Å². The van der Waals surface area contributed by atoms with Gasteiger partial charge in [-0.15, -0.1) is 0 Å². The first-order chi connectivity index (χ1) is 40.8. The molecule has 1 heterocycles. The summed E-state index contributed by atoms with van der Waals surface area (Å²) in [5.74, 6) is -0.133. The number of hydrogen-bond acceptors (Lipinski definition) is 8. The summed E-state index contributed by atoms with van der Waals surface area (Å²) < 4.78 is 11.4. The normalized spacial score (nSPS) is 18.2. The van der Waals surface area contributed by atoms with Crippen LogP contribution in [0.3, 0.4) is 0 Å². The van der Waals surface area contributed by atoms with E-state index in [-0.39, 0.29) is 12.5 Å². The van der Waals surface area contributed by atoms with Crippen molar-refractivity contribution in [1.82, 2.24) is 5.32 Å². The van der Waals surface area contributed by atoms with Crippen molar-refractivity contribution >= 4 is 5.91 Å². The summed E-state index contributed by atoms with van der Waals surface area (Å²) in [6.45, 7) is 3.90. The quantitative estimate of drug-likeness (QED) is 0.0261. The SMILES string of the molecule is CCCCCCCCCC/C=C\CCCCCCCCCCCCCCCCCCCCCCCCCCCC(=O)NC(COC1OC(CO)C(O)C(O)C1O)C(O)CCCCCCCCCCCCCCCCCCCCCCCCC. The van der Waals surface area contributed by atoms with E-state index in [9.17, 15) is 30.3 Å². The van der Waals surface area contributed by atoms with E-state index < -0.39 is 49.5 Å². The van der Waals surface area contributed by atoms with Gasteiger partial charge in [0.15, 0.2) is 6.29 Å². The van der Waals surface area contributed by atoms with E-state index >= 15 is 0 Å². The molecule has 1 aliphatic heterocycles. The monoisotopic (exact) mass is 1180 g/mol. The summed E-state index contributed by atoms with van der Waals surface area (Å²) >= 11 is 0. The van der Waals surface area contributed by atoms with Gasteiger partial charge >= 0.3 is 0 Å². The van der Waals surface area contributed by atoms with Gasteiger partial charge in [0.25, 0.3) is 0 Å². The standard InChI is InChI=1S/C74H145NO8/c1-3-5-7-9-11-13-15-17-19-21-23-25-27-28-29-30-31-32-33-34-35-36-37-38-39-40-42-44-46-48-50-52-54-56-58-60-62-64-70(78)75-67(66-82-74-73(81)72(80)71(79)69(65-76)83-74)68(77)63-61-59-57-55-53-51-49-47-45-43-41-26-24-22-20-18-16-14-12-10-8-6-4-2/h21,23,67-69,71-74,76-77,79-81H,3-20,22,24-66H2,1-2H3,(H,75,78)/b23-21-. The molecular formula is C74H145NO8. The maximum atomic E-state index is 13.2. The van der Waals surface area contributed by atoms with Crippen LogP contribution in [0.25, 0.3) is 0 Å². The predicted octanol–water partition coefficient (Wildman–Crippen LogP) is 20.7. The number of hydrogen-bond donors (Lipinski definition) is 6. The highest BCUT2D eigenvalue weighted by atomic mass is 16.7. The number of carbonyl (C=O) groups is 1. The molecule has 6 N–H and O–H groups in total. The van der Waals surface area contributed by atoms with Crippen LogP contribution in [0.1, 0.15) is 399 Å². The number of rotatable bonds is 67. The molecule has 83 heavy (non-hydrogen) atoms. The molecule has 0 spiro atoms. The van der Waals surface area contributed by atoms with Crippen LogP contribution in [-0.2, 0) is 14.3 Å². The number of aliphatic hydroxyl groups is 5. The summed E-state index contributed by atoms with van der Waals surface area (Å²) in [7, 11) is 0. The van der Waals surface area contributed by atoms with Crippen LogP contribution >= 0.6 is 0 Å². The predicted molar refractivity (Wildman–Crippen MR) is 355 cm³/mol. The van der Waals surface area contributed by atoms with E-state index in [2.05, 4.69) is 31.3 Å². The lowest BCUT2D eigenvalue weighted by atomic mass is 9.99. The molecule has 1 rings (SSSR count). The van der Waals surface area contributed by atoms with Crippen LogP contribution in [-0.4, -0.2) is 87.5 Å². The third kappa shape index (κ3) is 52.6. The fourth-order valence-electron chi connectivity index (χ4n) is 12.5. The minimum absolute atomic E-state index is 0.131. The Labute approximate surface area is 516 Å². The molecule has 9 heteroatoms. The molecule has 1 aliphatic rings. The Kier molecular flexibility index (Phi) is 61.6. The van der Waals surface area contributed by atoms with Crippen LogP contribution in [0, 0.1) is 0 Å². The topological polar surface area (TPSA) is 149 Å². The average Bonchev–Trinajstić information content (AvgIpc) is 3.60. The molecule has 0 aliphatic carbocycles. The number of ether oxygens (including phenoxy) is 2. The number of nitrogens with one attached hydrogen (secondary N) is 1. The van der Waals surface area contributed by atoms with Crippen LogP contribution in [0.5, 0.6) is 0 Å². The zero-order chi connectivity index (χ0) is 60.0. The number of unbranched alkanes of at least 4 members (excludes halogenated alkanes) is 55. The first-order valence-corrected chi connectivity index (χ1v) is 37.4. The zero-order valence-electron chi connectivity index (χ0n) is 55.5. The molecule has 7 atom stereocenters. The molecule has 494 valence electrons. The second kappa shape index (κ2) is 63.9. The van der Waals surface area contributed by atoms with E-state index in [1.54, 1.807) is 0 Å². The van der Waals surface area contributed by atoms with Crippen molar-refractivity contribution in [2.45, 2.75) is 442 Å². The highest BCUT2D eigenvalue weighted by Gasteiger charge is 2.44. The van der Waals surface area contributed by atoms with Crippen molar-refractivity contribution in [2.24, 2.45) is 0 Å². The lowest BCUT2D eigenvalue weighted by molar-refractivity contribution is -0.302. The number of amides is 1. The van der Waals surface area contributed by atoms with Crippen LogP contribution in [0.2, 0.25) is 0 Å². The number of allylic oxidation sites excluding steroid dienone is 2. The van der Waals surface area contributed by atoms with Gasteiger partial charge in [0, 0.05) is 6.42 Å². The van der Waals surface area contributed by atoms with E-state index in [1.165, 1.54) is 334 Å². The average molecular weight is 1180 g/mol. The highest BCUT2D eigenvalue weighted by molar-refractivity contribution is 5.76. The Morgan fingerprint density at radius 3 is 0.976 bits per heavy atom. The number of aliphatic hydroxyl groups excluding tert-OH is 5. The van der Waals surface area contributed by atoms with E-state index in [1.807, 2.05) is 0 Å². The van der Waals surface area contributed by atoms with Crippen molar-refractivity contribution in [2.75, 3.05) is 13.2 Å². The van der Waals surface area contributed by atoms with Crippen LogP contribution in [0.15, 0.2) is 12.2 Å². The molecule has 7 unspecified atom stereocenters. The van der Waals surface area contributed by atoms with Crippen LogP contribution in [0.4, 0.5) is 0 Å². The van der Waals surface area contributed by atoms with E-state index in [4.69, 9.17) is 9.47 Å². The van der Waals surface area contributed by atoms with E-state index in [0.717, 1.165) is 38.5 Å². The van der Waals surface area contributed by atoms with Crippen molar-refractivity contribution in [3.8, 4) is 0 Å². The first-order valence-electron chi connectivity index (χ1n) is 37.4. The van der Waals surface area contributed by atoms with Gasteiger partial charge in [-0.2, -0.15) is 0 Å². The molecule has 9 nitrogen and oxygen atoms in total. The molecule has 0 aromatic carbocycles. The summed E-state index contributed by atoms with van der Waals surface area (Å²) in [4.78, 5) is 13.2. The fraction of sp³-hybridized carbons (Fsp3) is 0.959. The Morgan fingerprint density at radius 2 is 0.675 bits per heavy atom. The molecule has 1 saturated heterocycles. The van der Waals surface area contributed by atoms with Crippen molar-refractivity contribution < 1.29 is 39.8 Å². The maximum Gasteiger partial charge on any atom is 0.220 e. The minimum Gasteiger partial charge on any atom is -0.394 e. The third-order valence-electron chi connectivity index (χ3n) is 18.4. The van der Waals surface area contributed by atoms with Gasteiger partial charge in [-0.3, -0.25) is 4.79 Å². The molecule has 0 aromatic heterocycles. The zero-order valence-corrected chi connectivity index (χ0v) is 55.5. The van der Waals surface area contributed by atoms with Gasteiger partial charge in [-0.05, 0) is 38.5 Å². The maximum absolute atomic E-state index is 13.2. The first kappa shape index (κ1) is 79.9. The van der Waals surface area contributed by atoms with Gasteiger partial charge < -0.3 is 40.3 Å². The summed E-state index contributed by atoms with van der Waals surface area (Å²) in [5.41, 5.74) is 0. The summed E-state index contributed by atoms with van der Waals surface area (Å²) in [6.07, 6.45) is 75.9. The molecule has 0 radical (unpaired) electrons. The Balaban J connectivity index is 2.04. The molecule has 0 saturated carbocycles. The molecule has 0 bridgehead atoms. The van der Waals surface area contributed by atoms with Crippen LogP contribution < -0.4 is 5.32 Å². The fourth-order valence-corrected chi connectivity index (χ4v) is 12.5. The van der Waals surface area contributed by atoms with Gasteiger partial charge in [-0.1, -0.05) is 366 Å². The van der Waals surface area contributed by atoms with Gasteiger partial charge in [0.05, 0.1) is 25.4 Å². The second-order valence-electron chi connectivity index (χ2n) is 26.5. The smallest absolute Gasteiger partial charge is 0.220 e. The lowest BCUT2D eigenvalue weighted by Crippen LogP contribution is -2.60. The summed E-state index contributed by atoms with van der Waals surface area (Å²) in [6, 6.07) is -0.716. The Hall–Kier alpha value is -1.07. The Morgan fingerprint density at radius 1 is 0.398 bits per heavy atom. The molecule has 1 fully saturated rings. The van der Waals surface area contributed by atoms with Gasteiger partial charge in [0.2, 0.25) is 5.91 Å². The second-order valence-corrected chi connectivity index (χ2v) is 26.5.